The number of hydrogen-bond donors (Lipinski definition) is 0. The second kappa shape index (κ2) is 5.03. The van der Waals surface area contributed by atoms with Gasteiger partial charge in [0, 0.05) is 6.20 Å². The Labute approximate surface area is 111 Å². The Morgan fingerprint density at radius 3 is 2.65 bits per heavy atom. The number of nitrogens with zero attached hydrogens (tertiary/aromatic N) is 3. The van der Waals surface area contributed by atoms with Gasteiger partial charge in [-0.1, -0.05) is 11.2 Å². The van der Waals surface area contributed by atoms with Gasteiger partial charge in [-0.05, 0) is 25.0 Å². The summed E-state index contributed by atoms with van der Waals surface area (Å²) in [6.45, 7) is 3.62. The number of alkyl halides is 3. The third kappa shape index (κ3) is 3.01. The lowest BCUT2D eigenvalue weighted by Crippen LogP contribution is -2.24. The highest BCUT2D eigenvalue weighted by Crippen LogP contribution is 2.21. The first-order valence-electron chi connectivity index (χ1n) is 5.63. The molecule has 2 aromatic rings. The van der Waals surface area contributed by atoms with Crippen LogP contribution in [0, 0.1) is 13.8 Å². The smallest absolute Gasteiger partial charge is 0.338 e. The number of halogens is 3. The van der Waals surface area contributed by atoms with Crippen molar-refractivity contribution in [3.63, 3.8) is 0 Å². The summed E-state index contributed by atoms with van der Waals surface area (Å²) in [5, 5.41) is 3.54. The summed E-state index contributed by atoms with van der Waals surface area (Å²) in [6.07, 6.45) is -4.30. The first-order chi connectivity index (χ1) is 9.27. The number of aromatic nitrogens is 3. The van der Waals surface area contributed by atoms with Crippen LogP contribution in [0.2, 0.25) is 0 Å². The Hall–Kier alpha value is -2.25. The predicted octanol–water partition coefficient (Wildman–Crippen LogP) is 2.42. The number of carbonyl (C=O) groups is 1. The summed E-state index contributed by atoms with van der Waals surface area (Å²) in [7, 11) is 0. The van der Waals surface area contributed by atoms with Crippen LogP contribution in [0.3, 0.4) is 0 Å². The summed E-state index contributed by atoms with van der Waals surface area (Å²) in [6, 6.07) is 1.83. The van der Waals surface area contributed by atoms with E-state index in [-0.39, 0.29) is 11.7 Å². The van der Waals surface area contributed by atoms with Crippen LogP contribution in [0.4, 0.5) is 13.2 Å². The van der Waals surface area contributed by atoms with E-state index in [4.69, 9.17) is 0 Å². The highest BCUT2D eigenvalue weighted by molar-refractivity contribution is 5.85. The first kappa shape index (κ1) is 14.2. The lowest BCUT2D eigenvalue weighted by Gasteiger charge is -2.01. The van der Waals surface area contributed by atoms with E-state index in [1.54, 1.807) is 13.1 Å². The molecule has 5 nitrogen and oxygen atoms in total. The standard InChI is InChI=1S/C12H10F3N3O2/c1-6-3-7(2)10(16-5-6)11-17-9(20-18-11)4-8(19)12(13,14)15/h3,5H,4H2,1-2H3. The van der Waals surface area contributed by atoms with Crippen LogP contribution in [-0.4, -0.2) is 27.1 Å². The van der Waals surface area contributed by atoms with Gasteiger partial charge in [-0.25, -0.2) is 0 Å². The van der Waals surface area contributed by atoms with Crippen LogP contribution in [-0.2, 0) is 11.2 Å². The molecule has 0 N–H and O–H groups in total. The second-order valence-corrected chi connectivity index (χ2v) is 4.29. The maximum absolute atomic E-state index is 12.1. The average Bonchev–Trinajstić information content (AvgIpc) is 2.76. The third-order valence-electron chi connectivity index (χ3n) is 2.52. The summed E-state index contributed by atoms with van der Waals surface area (Å²) in [4.78, 5) is 18.7. The summed E-state index contributed by atoms with van der Waals surface area (Å²) in [5.74, 6) is -2.25. The van der Waals surface area contributed by atoms with Crippen molar-refractivity contribution in [2.45, 2.75) is 26.4 Å². The Bertz CT molecular complexity index is 650. The molecule has 0 spiro atoms. The van der Waals surface area contributed by atoms with Gasteiger partial charge < -0.3 is 4.52 Å². The summed E-state index contributed by atoms with van der Waals surface area (Å²) < 4.78 is 41.0. The number of rotatable bonds is 3. The lowest BCUT2D eigenvalue weighted by atomic mass is 10.1. The molecule has 8 heteroatoms. The van der Waals surface area contributed by atoms with Gasteiger partial charge in [0.2, 0.25) is 17.5 Å². The SMILES string of the molecule is Cc1cnc(-c2noc(CC(=O)C(F)(F)F)n2)c(C)c1. The van der Waals surface area contributed by atoms with Crippen LogP contribution in [0.1, 0.15) is 17.0 Å². The van der Waals surface area contributed by atoms with E-state index in [9.17, 15) is 18.0 Å². The van der Waals surface area contributed by atoms with Gasteiger partial charge in [-0.3, -0.25) is 9.78 Å². The zero-order valence-corrected chi connectivity index (χ0v) is 10.7. The molecule has 2 rings (SSSR count). The predicted molar refractivity (Wildman–Crippen MR) is 61.8 cm³/mol. The van der Waals surface area contributed by atoms with Crippen LogP contribution in [0.25, 0.3) is 11.5 Å². The minimum absolute atomic E-state index is 0.0625. The number of carbonyl (C=O) groups excluding carboxylic acids is 1. The molecule has 0 radical (unpaired) electrons. The van der Waals surface area contributed by atoms with Gasteiger partial charge in [-0.2, -0.15) is 18.2 Å². The van der Waals surface area contributed by atoms with Crippen molar-refractivity contribution in [1.82, 2.24) is 15.1 Å². The molecule has 0 aromatic carbocycles. The maximum Gasteiger partial charge on any atom is 0.450 e. The third-order valence-corrected chi connectivity index (χ3v) is 2.52. The Morgan fingerprint density at radius 1 is 1.35 bits per heavy atom. The van der Waals surface area contributed by atoms with E-state index in [1.807, 2.05) is 13.0 Å². The van der Waals surface area contributed by atoms with E-state index in [0.717, 1.165) is 11.1 Å². The normalized spacial score (nSPS) is 11.7. The van der Waals surface area contributed by atoms with E-state index in [0.29, 0.717) is 5.69 Å². The monoisotopic (exact) mass is 285 g/mol. The summed E-state index contributed by atoms with van der Waals surface area (Å²) in [5.41, 5.74) is 2.10. The molecule has 106 valence electrons. The molecule has 2 heterocycles. The van der Waals surface area contributed by atoms with Crippen molar-refractivity contribution in [2.75, 3.05) is 0 Å². The number of aryl methyl sites for hydroxylation is 2. The Balaban J connectivity index is 2.23. The quantitative estimate of drug-likeness (QED) is 0.866. The van der Waals surface area contributed by atoms with Gasteiger partial charge in [0.05, 0.1) is 6.42 Å². The van der Waals surface area contributed by atoms with E-state index >= 15 is 0 Å². The van der Waals surface area contributed by atoms with Crippen molar-refractivity contribution in [1.29, 1.82) is 0 Å². The molecule has 0 aliphatic heterocycles. The Kier molecular flexibility index (Phi) is 3.56. The van der Waals surface area contributed by atoms with Crippen molar-refractivity contribution in [3.05, 3.63) is 29.3 Å². The molecular formula is C12H10F3N3O2. The summed E-state index contributed by atoms with van der Waals surface area (Å²) >= 11 is 0. The fourth-order valence-electron chi connectivity index (χ4n) is 1.61. The maximum atomic E-state index is 12.1. The molecule has 0 saturated carbocycles. The molecule has 0 unspecified atom stereocenters. The zero-order valence-electron chi connectivity index (χ0n) is 10.7. The minimum atomic E-state index is -4.91. The van der Waals surface area contributed by atoms with Crippen molar-refractivity contribution < 1.29 is 22.5 Å². The van der Waals surface area contributed by atoms with Crippen molar-refractivity contribution in [2.24, 2.45) is 0 Å². The molecule has 0 amide bonds. The fourth-order valence-corrected chi connectivity index (χ4v) is 1.61. The topological polar surface area (TPSA) is 68.9 Å². The van der Waals surface area contributed by atoms with Crippen molar-refractivity contribution >= 4 is 5.78 Å². The molecule has 0 aliphatic rings. The minimum Gasteiger partial charge on any atom is -0.338 e. The largest absolute Gasteiger partial charge is 0.450 e. The number of hydrogen-bond acceptors (Lipinski definition) is 5. The van der Waals surface area contributed by atoms with Crippen LogP contribution < -0.4 is 0 Å². The lowest BCUT2D eigenvalue weighted by molar-refractivity contribution is -0.170. The molecule has 0 atom stereocenters. The van der Waals surface area contributed by atoms with Gasteiger partial charge in [0.25, 0.3) is 0 Å². The Morgan fingerprint density at radius 2 is 2.05 bits per heavy atom. The molecular weight excluding hydrogens is 275 g/mol. The zero-order chi connectivity index (χ0) is 14.9. The second-order valence-electron chi connectivity index (χ2n) is 4.29. The fraction of sp³-hybridized carbons (Fsp3) is 0.333. The van der Waals surface area contributed by atoms with E-state index < -0.39 is 18.4 Å². The van der Waals surface area contributed by atoms with Gasteiger partial charge in [0.1, 0.15) is 5.69 Å². The van der Waals surface area contributed by atoms with Gasteiger partial charge in [-0.15, -0.1) is 0 Å². The number of Topliss-reactive ketones (excluding diaryl/α,β-unsaturated/α-hetero) is 1. The number of ketones is 1. The highest BCUT2D eigenvalue weighted by atomic mass is 19.4. The van der Waals surface area contributed by atoms with E-state index in [1.165, 1.54) is 0 Å². The molecule has 2 aromatic heterocycles. The number of pyridine rings is 1. The molecule has 0 aliphatic carbocycles. The highest BCUT2D eigenvalue weighted by Gasteiger charge is 2.39. The first-order valence-corrected chi connectivity index (χ1v) is 5.63. The van der Waals surface area contributed by atoms with Gasteiger partial charge >= 0.3 is 6.18 Å². The van der Waals surface area contributed by atoms with Crippen LogP contribution in [0.15, 0.2) is 16.8 Å². The average molecular weight is 285 g/mol. The van der Waals surface area contributed by atoms with Crippen molar-refractivity contribution in [3.8, 4) is 11.5 Å². The van der Waals surface area contributed by atoms with Gasteiger partial charge in [0.15, 0.2) is 0 Å². The molecule has 0 fully saturated rings. The molecule has 0 saturated heterocycles. The van der Waals surface area contributed by atoms with Crippen LogP contribution >= 0.6 is 0 Å². The van der Waals surface area contributed by atoms with Crippen LogP contribution in [0.5, 0.6) is 0 Å². The molecule has 20 heavy (non-hydrogen) atoms. The van der Waals surface area contributed by atoms with E-state index in [2.05, 4.69) is 19.6 Å². The molecule has 0 bridgehead atoms.